The summed E-state index contributed by atoms with van der Waals surface area (Å²) < 4.78 is 0. The van der Waals surface area contributed by atoms with Crippen molar-refractivity contribution in [1.82, 2.24) is 5.32 Å². The standard InChI is InChI=1S/C15H22N2S/c1-4-12-7-5-6-8-13(12)11-16-14-17-15(2,3)9-10-18-14/h5-8H,4,9-11H2,1-3H3,(H,16,17). The smallest absolute Gasteiger partial charge is 0.157 e. The minimum absolute atomic E-state index is 0.189. The number of nitrogens with zero attached hydrogens (tertiary/aromatic N) is 1. The first kappa shape index (κ1) is 13.5. The average molecular weight is 262 g/mol. The highest BCUT2D eigenvalue weighted by molar-refractivity contribution is 8.13. The van der Waals surface area contributed by atoms with Crippen LogP contribution in [0.2, 0.25) is 0 Å². The lowest BCUT2D eigenvalue weighted by Gasteiger charge is -2.32. The molecule has 18 heavy (non-hydrogen) atoms. The molecule has 1 aromatic rings. The van der Waals surface area contributed by atoms with Crippen molar-refractivity contribution in [3.05, 3.63) is 35.4 Å². The topological polar surface area (TPSA) is 24.4 Å². The van der Waals surface area contributed by atoms with Crippen molar-refractivity contribution in [2.45, 2.75) is 45.7 Å². The van der Waals surface area contributed by atoms with Crippen LogP contribution in [-0.2, 0) is 13.0 Å². The molecule has 3 heteroatoms. The number of benzene rings is 1. The molecule has 0 saturated carbocycles. The molecule has 0 aliphatic carbocycles. The second-order valence-corrected chi connectivity index (χ2v) is 6.43. The first-order valence-corrected chi connectivity index (χ1v) is 7.61. The average Bonchev–Trinajstić information content (AvgIpc) is 2.35. The van der Waals surface area contributed by atoms with Crippen molar-refractivity contribution in [2.24, 2.45) is 4.99 Å². The molecule has 0 radical (unpaired) electrons. The van der Waals surface area contributed by atoms with E-state index in [9.17, 15) is 0 Å². The van der Waals surface area contributed by atoms with Crippen LogP contribution in [0.4, 0.5) is 0 Å². The van der Waals surface area contributed by atoms with E-state index in [0.717, 1.165) is 23.9 Å². The molecule has 0 spiro atoms. The maximum atomic E-state index is 4.73. The molecular weight excluding hydrogens is 240 g/mol. The van der Waals surface area contributed by atoms with Gasteiger partial charge in [-0.05, 0) is 37.8 Å². The van der Waals surface area contributed by atoms with Crippen LogP contribution in [0, 0.1) is 0 Å². The molecule has 0 unspecified atom stereocenters. The molecule has 0 bridgehead atoms. The number of aryl methyl sites for hydroxylation is 1. The summed E-state index contributed by atoms with van der Waals surface area (Å²) >= 11 is 1.84. The Hall–Kier alpha value is -0.960. The molecule has 0 atom stereocenters. The Kier molecular flexibility index (Phi) is 4.33. The Balaban J connectivity index is 2.06. The van der Waals surface area contributed by atoms with Crippen molar-refractivity contribution >= 4 is 16.9 Å². The minimum Gasteiger partial charge on any atom is -0.360 e. The van der Waals surface area contributed by atoms with Gasteiger partial charge in [0.2, 0.25) is 0 Å². The van der Waals surface area contributed by atoms with E-state index in [2.05, 4.69) is 50.4 Å². The molecule has 1 aliphatic heterocycles. The van der Waals surface area contributed by atoms with Gasteiger partial charge in [-0.15, -0.1) is 0 Å². The second kappa shape index (κ2) is 5.79. The number of thioether (sulfide) groups is 1. The molecule has 1 saturated heterocycles. The summed E-state index contributed by atoms with van der Waals surface area (Å²) in [5.74, 6) is 1.16. The molecule has 0 aromatic heterocycles. The molecule has 1 N–H and O–H groups in total. The van der Waals surface area contributed by atoms with Crippen molar-refractivity contribution in [3.8, 4) is 0 Å². The molecule has 1 fully saturated rings. The highest BCUT2D eigenvalue weighted by Crippen LogP contribution is 2.22. The van der Waals surface area contributed by atoms with E-state index in [1.807, 2.05) is 11.8 Å². The molecule has 2 rings (SSSR count). The Morgan fingerprint density at radius 3 is 2.67 bits per heavy atom. The van der Waals surface area contributed by atoms with E-state index < -0.39 is 0 Å². The van der Waals surface area contributed by atoms with E-state index >= 15 is 0 Å². The summed E-state index contributed by atoms with van der Waals surface area (Å²) in [6.45, 7) is 7.46. The lowest BCUT2D eigenvalue weighted by Crippen LogP contribution is -2.46. The number of nitrogens with one attached hydrogen (secondary N) is 1. The third-order valence-corrected chi connectivity index (χ3v) is 4.22. The monoisotopic (exact) mass is 262 g/mol. The van der Waals surface area contributed by atoms with Crippen LogP contribution in [0.5, 0.6) is 0 Å². The lowest BCUT2D eigenvalue weighted by molar-refractivity contribution is 0.446. The summed E-state index contributed by atoms with van der Waals surface area (Å²) in [5.41, 5.74) is 2.94. The van der Waals surface area contributed by atoms with Gasteiger partial charge in [0.1, 0.15) is 0 Å². The van der Waals surface area contributed by atoms with Gasteiger partial charge in [-0.3, -0.25) is 4.99 Å². The second-order valence-electron chi connectivity index (χ2n) is 5.35. The summed E-state index contributed by atoms with van der Waals surface area (Å²) in [4.78, 5) is 4.73. The Labute approximate surface area is 114 Å². The first-order chi connectivity index (χ1) is 8.61. The van der Waals surface area contributed by atoms with Crippen molar-refractivity contribution in [3.63, 3.8) is 0 Å². The molecule has 98 valence electrons. The largest absolute Gasteiger partial charge is 0.360 e. The fourth-order valence-corrected chi connectivity index (χ4v) is 3.40. The normalized spacial score (nSPS) is 20.7. The van der Waals surface area contributed by atoms with Crippen LogP contribution in [0.1, 0.15) is 38.3 Å². The minimum atomic E-state index is 0.189. The van der Waals surface area contributed by atoms with E-state index in [0.29, 0.717) is 0 Å². The predicted molar refractivity (Wildman–Crippen MR) is 81.2 cm³/mol. The van der Waals surface area contributed by atoms with Crippen molar-refractivity contribution in [1.29, 1.82) is 0 Å². The molecule has 0 amide bonds. The first-order valence-electron chi connectivity index (χ1n) is 6.63. The van der Waals surface area contributed by atoms with Gasteiger partial charge in [-0.2, -0.15) is 0 Å². The fraction of sp³-hybridized carbons (Fsp3) is 0.533. The zero-order chi connectivity index (χ0) is 13.0. The number of hydrogen-bond donors (Lipinski definition) is 1. The van der Waals surface area contributed by atoms with Crippen molar-refractivity contribution < 1.29 is 0 Å². The molecule has 2 nitrogen and oxygen atoms in total. The molecule has 1 heterocycles. The van der Waals surface area contributed by atoms with Gasteiger partial charge in [0, 0.05) is 11.3 Å². The van der Waals surface area contributed by atoms with Crippen LogP contribution >= 0.6 is 11.8 Å². The van der Waals surface area contributed by atoms with E-state index in [-0.39, 0.29) is 5.54 Å². The predicted octanol–water partition coefficient (Wildman–Crippen LogP) is 3.61. The van der Waals surface area contributed by atoms with Gasteiger partial charge in [0.05, 0.1) is 6.54 Å². The summed E-state index contributed by atoms with van der Waals surface area (Å²) in [7, 11) is 0. The molecular formula is C15H22N2S. The maximum absolute atomic E-state index is 4.73. The Morgan fingerprint density at radius 1 is 1.28 bits per heavy atom. The van der Waals surface area contributed by atoms with Gasteiger partial charge in [-0.25, -0.2) is 0 Å². The highest BCUT2D eigenvalue weighted by Gasteiger charge is 2.23. The van der Waals surface area contributed by atoms with Crippen molar-refractivity contribution in [2.75, 3.05) is 5.75 Å². The van der Waals surface area contributed by atoms with Gasteiger partial charge in [0.25, 0.3) is 0 Å². The third-order valence-electron chi connectivity index (χ3n) is 3.30. The molecule has 1 aromatic carbocycles. The van der Waals surface area contributed by atoms with E-state index in [1.54, 1.807) is 0 Å². The zero-order valence-electron chi connectivity index (χ0n) is 11.5. The Bertz CT molecular complexity index is 438. The SMILES string of the molecule is CCc1ccccc1CN=C1NC(C)(C)CCS1. The lowest BCUT2D eigenvalue weighted by atomic mass is 10.0. The molecule has 1 aliphatic rings. The quantitative estimate of drug-likeness (QED) is 0.900. The Morgan fingerprint density at radius 2 is 2.00 bits per heavy atom. The van der Waals surface area contributed by atoms with Gasteiger partial charge >= 0.3 is 0 Å². The van der Waals surface area contributed by atoms with E-state index in [1.165, 1.54) is 17.5 Å². The zero-order valence-corrected chi connectivity index (χ0v) is 12.3. The van der Waals surface area contributed by atoms with Crippen LogP contribution < -0.4 is 5.32 Å². The number of hydrogen-bond acceptors (Lipinski definition) is 2. The third kappa shape index (κ3) is 3.52. The summed E-state index contributed by atoms with van der Waals surface area (Å²) in [5, 5.41) is 4.61. The number of rotatable bonds is 3. The van der Waals surface area contributed by atoms with Crippen LogP contribution in [-0.4, -0.2) is 16.5 Å². The van der Waals surface area contributed by atoms with Gasteiger partial charge in [0.15, 0.2) is 5.17 Å². The fourth-order valence-electron chi connectivity index (χ4n) is 2.09. The maximum Gasteiger partial charge on any atom is 0.157 e. The number of aliphatic imine (C=N–C) groups is 1. The van der Waals surface area contributed by atoms with Gasteiger partial charge in [-0.1, -0.05) is 43.0 Å². The summed E-state index contributed by atoms with van der Waals surface area (Å²) in [6.07, 6.45) is 2.27. The van der Waals surface area contributed by atoms with Crippen LogP contribution in [0.3, 0.4) is 0 Å². The van der Waals surface area contributed by atoms with E-state index in [4.69, 9.17) is 4.99 Å². The van der Waals surface area contributed by atoms with Crippen LogP contribution in [0.25, 0.3) is 0 Å². The van der Waals surface area contributed by atoms with Crippen LogP contribution in [0.15, 0.2) is 29.3 Å². The summed E-state index contributed by atoms with van der Waals surface area (Å²) in [6, 6.07) is 8.58. The number of amidine groups is 1. The highest BCUT2D eigenvalue weighted by atomic mass is 32.2. The van der Waals surface area contributed by atoms with Gasteiger partial charge < -0.3 is 5.32 Å².